The van der Waals surface area contributed by atoms with Gasteiger partial charge in [-0.25, -0.2) is 9.37 Å². The van der Waals surface area contributed by atoms with Crippen LogP contribution in [0.5, 0.6) is 5.75 Å². The first kappa shape index (κ1) is 20.9. The third kappa shape index (κ3) is 4.88. The fraction of sp³-hybridized carbons (Fsp3) is 0.292. The molecule has 4 rings (SSSR count). The molecule has 0 aliphatic carbocycles. The summed E-state index contributed by atoms with van der Waals surface area (Å²) in [6.45, 7) is 1.33. The number of hydrogen-bond acceptors (Lipinski definition) is 5. The average Bonchev–Trinajstić information content (AvgIpc) is 2.83. The second kappa shape index (κ2) is 9.66. The zero-order valence-corrected chi connectivity index (χ0v) is 17.3. The van der Waals surface area contributed by atoms with Gasteiger partial charge in [0.2, 0.25) is 5.91 Å². The first-order valence-corrected chi connectivity index (χ1v) is 10.2. The van der Waals surface area contributed by atoms with E-state index in [0.717, 1.165) is 11.3 Å². The van der Waals surface area contributed by atoms with Crippen molar-refractivity contribution in [3.8, 4) is 17.0 Å². The largest absolute Gasteiger partial charge is 0.496 e. The molecule has 0 saturated carbocycles. The van der Waals surface area contributed by atoms with Gasteiger partial charge in [0, 0.05) is 18.5 Å². The molecule has 1 aromatic heterocycles. The van der Waals surface area contributed by atoms with Crippen molar-refractivity contribution in [2.24, 2.45) is 0 Å². The summed E-state index contributed by atoms with van der Waals surface area (Å²) in [7, 11) is 1.63. The van der Waals surface area contributed by atoms with Gasteiger partial charge in [0.15, 0.2) is 0 Å². The molecule has 1 atom stereocenters. The van der Waals surface area contributed by atoms with Gasteiger partial charge in [-0.05, 0) is 30.2 Å². The fourth-order valence-corrected chi connectivity index (χ4v) is 3.70. The maximum atomic E-state index is 14.1. The van der Waals surface area contributed by atoms with Crippen LogP contribution in [-0.2, 0) is 16.0 Å². The molecule has 0 radical (unpaired) electrons. The van der Waals surface area contributed by atoms with Gasteiger partial charge in [-0.15, -0.1) is 0 Å². The molecule has 6 nitrogen and oxygen atoms in total. The predicted octanol–water partition coefficient (Wildman–Crippen LogP) is 3.82. The quantitative estimate of drug-likeness (QED) is 0.605. The normalized spacial score (nSPS) is 16.2. The van der Waals surface area contributed by atoms with E-state index in [-0.39, 0.29) is 11.7 Å². The third-order valence-electron chi connectivity index (χ3n) is 5.35. The van der Waals surface area contributed by atoms with E-state index in [9.17, 15) is 9.18 Å². The number of morpholine rings is 1. The summed E-state index contributed by atoms with van der Waals surface area (Å²) in [5.41, 5.74) is 2.42. The lowest BCUT2D eigenvalue weighted by atomic mass is 10.1. The first-order chi connectivity index (χ1) is 15.2. The van der Waals surface area contributed by atoms with Crippen molar-refractivity contribution in [2.75, 3.05) is 26.8 Å². The molecular formula is C24H24FN3O3. The summed E-state index contributed by atoms with van der Waals surface area (Å²) >= 11 is 0. The SMILES string of the molecule is COc1ccccc1CCC(=O)N1CCO[C@H](c2cncc(-c3ccccc3F)n2)C1. The Bertz CT molecular complexity index is 1060. The molecule has 1 fully saturated rings. The Hall–Kier alpha value is -3.32. The molecule has 0 N–H and O–H groups in total. The number of rotatable bonds is 6. The van der Waals surface area contributed by atoms with E-state index >= 15 is 0 Å². The van der Waals surface area contributed by atoms with Crippen LogP contribution in [0.2, 0.25) is 0 Å². The second-order valence-corrected chi connectivity index (χ2v) is 7.32. The van der Waals surface area contributed by atoms with Crippen molar-refractivity contribution < 1.29 is 18.7 Å². The van der Waals surface area contributed by atoms with E-state index in [4.69, 9.17) is 9.47 Å². The summed E-state index contributed by atoms with van der Waals surface area (Å²) < 4.78 is 25.4. The monoisotopic (exact) mass is 421 g/mol. The first-order valence-electron chi connectivity index (χ1n) is 10.2. The smallest absolute Gasteiger partial charge is 0.223 e. The Kier molecular flexibility index (Phi) is 6.52. The number of para-hydroxylation sites is 1. The van der Waals surface area contributed by atoms with Gasteiger partial charge in [-0.1, -0.05) is 30.3 Å². The van der Waals surface area contributed by atoms with Crippen LogP contribution in [0.25, 0.3) is 11.3 Å². The highest BCUT2D eigenvalue weighted by atomic mass is 19.1. The van der Waals surface area contributed by atoms with E-state index < -0.39 is 6.10 Å². The number of benzene rings is 2. The number of ether oxygens (including phenoxy) is 2. The van der Waals surface area contributed by atoms with Gasteiger partial charge in [0.1, 0.15) is 17.7 Å². The van der Waals surface area contributed by atoms with Crippen LogP contribution in [0, 0.1) is 5.82 Å². The molecule has 0 unspecified atom stereocenters. The number of amides is 1. The lowest BCUT2D eigenvalue weighted by Crippen LogP contribution is -2.42. The summed E-state index contributed by atoms with van der Waals surface area (Å²) in [5.74, 6) is 0.486. The van der Waals surface area contributed by atoms with Crippen molar-refractivity contribution in [3.63, 3.8) is 0 Å². The van der Waals surface area contributed by atoms with Gasteiger partial charge >= 0.3 is 0 Å². The fourth-order valence-electron chi connectivity index (χ4n) is 3.70. The highest BCUT2D eigenvalue weighted by Gasteiger charge is 2.27. The molecular weight excluding hydrogens is 397 g/mol. The maximum Gasteiger partial charge on any atom is 0.223 e. The van der Waals surface area contributed by atoms with Gasteiger partial charge in [0.25, 0.3) is 0 Å². The highest BCUT2D eigenvalue weighted by Crippen LogP contribution is 2.25. The Morgan fingerprint density at radius 2 is 2.00 bits per heavy atom. The van der Waals surface area contributed by atoms with Crippen molar-refractivity contribution >= 4 is 5.91 Å². The molecule has 1 aliphatic rings. The molecule has 0 spiro atoms. The second-order valence-electron chi connectivity index (χ2n) is 7.32. The van der Waals surface area contributed by atoms with Crippen LogP contribution in [0.4, 0.5) is 4.39 Å². The number of hydrogen-bond donors (Lipinski definition) is 0. The molecule has 3 aromatic rings. The Morgan fingerprint density at radius 3 is 2.84 bits per heavy atom. The topological polar surface area (TPSA) is 64.5 Å². The van der Waals surface area contributed by atoms with Gasteiger partial charge in [-0.2, -0.15) is 0 Å². The maximum absolute atomic E-state index is 14.1. The molecule has 0 bridgehead atoms. The zero-order chi connectivity index (χ0) is 21.6. The number of carbonyl (C=O) groups is 1. The van der Waals surface area contributed by atoms with Crippen LogP contribution in [0.15, 0.2) is 60.9 Å². The summed E-state index contributed by atoms with van der Waals surface area (Å²) in [5, 5.41) is 0. The summed E-state index contributed by atoms with van der Waals surface area (Å²) in [6, 6.07) is 14.2. The molecule has 1 aliphatic heterocycles. The summed E-state index contributed by atoms with van der Waals surface area (Å²) in [4.78, 5) is 23.4. The highest BCUT2D eigenvalue weighted by molar-refractivity contribution is 5.76. The van der Waals surface area contributed by atoms with Crippen LogP contribution >= 0.6 is 0 Å². The molecule has 2 heterocycles. The molecule has 2 aromatic carbocycles. The van der Waals surface area contributed by atoms with Gasteiger partial charge in [-0.3, -0.25) is 9.78 Å². The molecule has 160 valence electrons. The molecule has 31 heavy (non-hydrogen) atoms. The van der Waals surface area contributed by atoms with E-state index in [2.05, 4.69) is 9.97 Å². The molecule has 1 amide bonds. The standard InChI is InChI=1S/C24H24FN3O3/c1-30-22-9-5-2-6-17(22)10-11-24(29)28-12-13-31-23(16-28)21-15-26-14-20(27-21)18-7-3-4-8-19(18)25/h2-9,14-15,23H,10-13,16H2,1H3/t23-/m0/s1. The van der Waals surface area contributed by atoms with Crippen molar-refractivity contribution in [3.05, 3.63) is 78.0 Å². The average molecular weight is 421 g/mol. The number of methoxy groups -OCH3 is 1. The lowest BCUT2D eigenvalue weighted by Gasteiger charge is -2.32. The molecule has 7 heteroatoms. The van der Waals surface area contributed by atoms with Gasteiger partial charge in [0.05, 0.1) is 44.0 Å². The van der Waals surface area contributed by atoms with Crippen molar-refractivity contribution in [1.82, 2.24) is 14.9 Å². The Labute approximate surface area is 180 Å². The number of halogens is 1. The minimum absolute atomic E-state index is 0.0532. The number of aryl methyl sites for hydroxylation is 1. The van der Waals surface area contributed by atoms with E-state index in [1.165, 1.54) is 12.3 Å². The molecule has 1 saturated heterocycles. The van der Waals surface area contributed by atoms with E-state index in [1.807, 2.05) is 24.3 Å². The minimum atomic E-state index is -0.400. The number of aromatic nitrogens is 2. The number of carbonyl (C=O) groups excluding carboxylic acids is 1. The summed E-state index contributed by atoms with van der Waals surface area (Å²) in [6.07, 6.45) is 3.73. The van der Waals surface area contributed by atoms with Crippen LogP contribution in [0.3, 0.4) is 0 Å². The third-order valence-corrected chi connectivity index (χ3v) is 5.35. The van der Waals surface area contributed by atoms with E-state index in [0.29, 0.717) is 49.5 Å². The van der Waals surface area contributed by atoms with Crippen molar-refractivity contribution in [1.29, 1.82) is 0 Å². The zero-order valence-electron chi connectivity index (χ0n) is 17.3. The van der Waals surface area contributed by atoms with Crippen LogP contribution < -0.4 is 4.74 Å². The van der Waals surface area contributed by atoms with Crippen molar-refractivity contribution in [2.45, 2.75) is 18.9 Å². The van der Waals surface area contributed by atoms with Gasteiger partial charge < -0.3 is 14.4 Å². The Morgan fingerprint density at radius 1 is 1.19 bits per heavy atom. The van der Waals surface area contributed by atoms with Crippen LogP contribution in [0.1, 0.15) is 23.8 Å². The lowest BCUT2D eigenvalue weighted by molar-refractivity contribution is -0.139. The van der Waals surface area contributed by atoms with Crippen LogP contribution in [-0.4, -0.2) is 47.6 Å². The number of nitrogens with zero attached hydrogens (tertiary/aromatic N) is 3. The Balaban J connectivity index is 1.43. The van der Waals surface area contributed by atoms with E-state index in [1.54, 1.807) is 36.4 Å². The predicted molar refractivity (Wildman–Crippen MR) is 114 cm³/mol. The minimum Gasteiger partial charge on any atom is -0.496 e.